The number of aryl methyl sites for hydroxylation is 2. The number of amides is 1. The topological polar surface area (TPSA) is 64.0 Å². The number of nitrogens with zero attached hydrogens (tertiary/aromatic N) is 2. The summed E-state index contributed by atoms with van der Waals surface area (Å²) in [6, 6.07) is 8.70. The normalized spacial score (nSPS) is 11.9. The summed E-state index contributed by atoms with van der Waals surface area (Å²) >= 11 is 0. The predicted octanol–water partition coefficient (Wildman–Crippen LogP) is 2.89. The first-order chi connectivity index (χ1) is 12.9. The van der Waals surface area contributed by atoms with E-state index in [-0.39, 0.29) is 16.8 Å². The van der Waals surface area contributed by atoms with Gasteiger partial charge in [-0.3, -0.25) is 14.6 Å². The third-order valence-corrected chi connectivity index (χ3v) is 4.20. The SMILES string of the molecule is Cc1cc([C@H](NC(=O)c2ccc(=O)n(C)c2)c2ncccc2F)ccc1F. The Balaban J connectivity index is 2.03. The summed E-state index contributed by atoms with van der Waals surface area (Å²) < 4.78 is 29.3. The van der Waals surface area contributed by atoms with Crippen LogP contribution >= 0.6 is 0 Å². The molecule has 138 valence electrons. The minimum Gasteiger partial charge on any atom is -0.339 e. The molecule has 0 unspecified atom stereocenters. The molecule has 1 atom stereocenters. The molecule has 0 aliphatic carbocycles. The number of benzene rings is 1. The molecule has 0 spiro atoms. The van der Waals surface area contributed by atoms with Gasteiger partial charge in [0.1, 0.15) is 17.3 Å². The highest BCUT2D eigenvalue weighted by Crippen LogP contribution is 2.25. The summed E-state index contributed by atoms with van der Waals surface area (Å²) in [7, 11) is 1.53. The number of nitrogens with one attached hydrogen (secondary N) is 1. The van der Waals surface area contributed by atoms with Crippen molar-refractivity contribution in [3.8, 4) is 0 Å². The highest BCUT2D eigenvalue weighted by atomic mass is 19.1. The van der Waals surface area contributed by atoms with Crippen molar-refractivity contribution in [1.82, 2.24) is 14.9 Å². The van der Waals surface area contributed by atoms with Crippen LogP contribution in [0, 0.1) is 18.6 Å². The summed E-state index contributed by atoms with van der Waals surface area (Å²) in [4.78, 5) is 28.2. The maximum Gasteiger partial charge on any atom is 0.253 e. The number of rotatable bonds is 4. The Bertz CT molecular complexity index is 1060. The minimum atomic E-state index is -0.921. The van der Waals surface area contributed by atoms with Gasteiger partial charge in [0.2, 0.25) is 5.56 Å². The summed E-state index contributed by atoms with van der Waals surface area (Å²) in [5.74, 6) is -1.50. The monoisotopic (exact) mass is 369 g/mol. The molecule has 1 amide bonds. The summed E-state index contributed by atoms with van der Waals surface area (Å²) in [6.07, 6.45) is 2.81. The van der Waals surface area contributed by atoms with E-state index in [0.717, 1.165) is 0 Å². The Hall–Kier alpha value is -3.35. The van der Waals surface area contributed by atoms with E-state index in [2.05, 4.69) is 10.3 Å². The molecule has 27 heavy (non-hydrogen) atoms. The maximum absolute atomic E-state index is 14.3. The van der Waals surface area contributed by atoms with Crippen LogP contribution in [0.3, 0.4) is 0 Å². The second-order valence-corrected chi connectivity index (χ2v) is 6.15. The molecule has 3 rings (SSSR count). The van der Waals surface area contributed by atoms with Crippen LogP contribution in [-0.4, -0.2) is 15.5 Å². The van der Waals surface area contributed by atoms with Crippen LogP contribution in [0.5, 0.6) is 0 Å². The van der Waals surface area contributed by atoms with Crippen LogP contribution in [0.1, 0.15) is 33.2 Å². The summed E-state index contributed by atoms with van der Waals surface area (Å²) in [5.41, 5.74) is 0.849. The molecule has 2 aromatic heterocycles. The number of carbonyl (C=O) groups is 1. The molecule has 0 saturated carbocycles. The van der Waals surface area contributed by atoms with Crippen molar-refractivity contribution in [2.45, 2.75) is 13.0 Å². The highest BCUT2D eigenvalue weighted by molar-refractivity contribution is 5.94. The van der Waals surface area contributed by atoms with Gasteiger partial charge in [0, 0.05) is 25.5 Å². The van der Waals surface area contributed by atoms with Crippen LogP contribution in [0.4, 0.5) is 8.78 Å². The Morgan fingerprint density at radius 1 is 1.15 bits per heavy atom. The van der Waals surface area contributed by atoms with Crippen LogP contribution in [0.25, 0.3) is 0 Å². The van der Waals surface area contributed by atoms with E-state index in [0.29, 0.717) is 11.1 Å². The molecular weight excluding hydrogens is 352 g/mol. The Labute approximate surface area is 154 Å². The Morgan fingerprint density at radius 3 is 2.59 bits per heavy atom. The molecule has 7 heteroatoms. The van der Waals surface area contributed by atoms with Gasteiger partial charge in [0.05, 0.1) is 11.6 Å². The van der Waals surface area contributed by atoms with Gasteiger partial charge >= 0.3 is 0 Å². The van der Waals surface area contributed by atoms with E-state index in [1.54, 1.807) is 6.92 Å². The van der Waals surface area contributed by atoms with Crippen molar-refractivity contribution in [3.63, 3.8) is 0 Å². The molecule has 0 aliphatic rings. The van der Waals surface area contributed by atoms with Crippen molar-refractivity contribution < 1.29 is 13.6 Å². The lowest BCUT2D eigenvalue weighted by atomic mass is 10.00. The van der Waals surface area contributed by atoms with Crippen LogP contribution in [0.15, 0.2) is 59.7 Å². The van der Waals surface area contributed by atoms with Crippen LogP contribution in [-0.2, 0) is 7.05 Å². The molecule has 0 bridgehead atoms. The number of halogens is 2. The quantitative estimate of drug-likeness (QED) is 0.769. The molecule has 1 N–H and O–H groups in total. The largest absolute Gasteiger partial charge is 0.339 e. The average Bonchev–Trinajstić information content (AvgIpc) is 2.65. The molecule has 0 fully saturated rings. The molecule has 0 saturated heterocycles. The van der Waals surface area contributed by atoms with E-state index in [1.165, 1.54) is 66.5 Å². The molecule has 3 aromatic rings. The number of aromatic nitrogens is 2. The van der Waals surface area contributed by atoms with Gasteiger partial charge in [-0.2, -0.15) is 0 Å². The number of carbonyl (C=O) groups excluding carboxylic acids is 1. The Kier molecular flexibility index (Phi) is 5.12. The number of hydrogen-bond acceptors (Lipinski definition) is 3. The molecule has 5 nitrogen and oxygen atoms in total. The second-order valence-electron chi connectivity index (χ2n) is 6.15. The third kappa shape index (κ3) is 3.92. The van der Waals surface area contributed by atoms with Crippen molar-refractivity contribution in [2.24, 2.45) is 7.05 Å². The smallest absolute Gasteiger partial charge is 0.253 e. The predicted molar refractivity (Wildman–Crippen MR) is 96.3 cm³/mol. The van der Waals surface area contributed by atoms with E-state index in [1.807, 2.05) is 0 Å². The fourth-order valence-electron chi connectivity index (χ4n) is 2.71. The van der Waals surface area contributed by atoms with Gasteiger partial charge < -0.3 is 9.88 Å². The fraction of sp³-hybridized carbons (Fsp3) is 0.150. The molecule has 0 radical (unpaired) electrons. The highest BCUT2D eigenvalue weighted by Gasteiger charge is 2.23. The van der Waals surface area contributed by atoms with Crippen molar-refractivity contribution in [1.29, 1.82) is 0 Å². The number of pyridine rings is 2. The lowest BCUT2D eigenvalue weighted by Crippen LogP contribution is -2.31. The average molecular weight is 369 g/mol. The van der Waals surface area contributed by atoms with Crippen molar-refractivity contribution in [2.75, 3.05) is 0 Å². The zero-order chi connectivity index (χ0) is 19.6. The van der Waals surface area contributed by atoms with E-state index in [4.69, 9.17) is 0 Å². The van der Waals surface area contributed by atoms with Gasteiger partial charge in [0.15, 0.2) is 0 Å². The third-order valence-electron chi connectivity index (χ3n) is 4.20. The zero-order valence-corrected chi connectivity index (χ0v) is 14.7. The minimum absolute atomic E-state index is 0.0154. The Morgan fingerprint density at radius 2 is 1.93 bits per heavy atom. The van der Waals surface area contributed by atoms with Crippen LogP contribution < -0.4 is 10.9 Å². The first-order valence-corrected chi connectivity index (χ1v) is 8.21. The van der Waals surface area contributed by atoms with Gasteiger partial charge in [0.25, 0.3) is 5.91 Å². The number of hydrogen-bond donors (Lipinski definition) is 1. The standard InChI is InChI=1S/C20H17F2N3O2/c1-12-10-13(5-7-15(12)21)18(19-16(22)4-3-9-23-19)24-20(27)14-6-8-17(26)25(2)11-14/h3-11,18H,1-2H3,(H,24,27)/t18-/m0/s1. The van der Waals surface area contributed by atoms with Gasteiger partial charge in [-0.25, -0.2) is 8.78 Å². The molecule has 1 aromatic carbocycles. The maximum atomic E-state index is 14.3. The van der Waals surface area contributed by atoms with Crippen molar-refractivity contribution in [3.05, 3.63) is 99.2 Å². The summed E-state index contributed by atoms with van der Waals surface area (Å²) in [5, 5.41) is 2.72. The van der Waals surface area contributed by atoms with E-state index >= 15 is 0 Å². The zero-order valence-electron chi connectivity index (χ0n) is 14.7. The first-order valence-electron chi connectivity index (χ1n) is 8.21. The van der Waals surface area contributed by atoms with Gasteiger partial charge in [-0.1, -0.05) is 12.1 Å². The fourth-order valence-corrected chi connectivity index (χ4v) is 2.71. The van der Waals surface area contributed by atoms with Gasteiger partial charge in [-0.05, 0) is 42.3 Å². The lowest BCUT2D eigenvalue weighted by Gasteiger charge is -2.20. The molecule has 2 heterocycles. The van der Waals surface area contributed by atoms with Gasteiger partial charge in [-0.15, -0.1) is 0 Å². The van der Waals surface area contributed by atoms with Crippen molar-refractivity contribution >= 4 is 5.91 Å². The van der Waals surface area contributed by atoms with E-state index in [9.17, 15) is 18.4 Å². The first kappa shape index (κ1) is 18.4. The van der Waals surface area contributed by atoms with E-state index < -0.39 is 23.6 Å². The summed E-state index contributed by atoms with van der Waals surface area (Å²) in [6.45, 7) is 1.58. The van der Waals surface area contributed by atoms with Crippen LogP contribution in [0.2, 0.25) is 0 Å². The second kappa shape index (κ2) is 7.49. The molecule has 0 aliphatic heterocycles. The molecular formula is C20H17F2N3O2. The lowest BCUT2D eigenvalue weighted by molar-refractivity contribution is 0.0941.